The molecule has 0 aliphatic carbocycles. The van der Waals surface area contributed by atoms with Crippen LogP contribution in [-0.2, 0) is 21.3 Å². The van der Waals surface area contributed by atoms with Gasteiger partial charge in [-0.25, -0.2) is 17.9 Å². The second-order valence-electron chi connectivity index (χ2n) is 8.93. The van der Waals surface area contributed by atoms with E-state index in [1.807, 2.05) is 6.92 Å². The van der Waals surface area contributed by atoms with Gasteiger partial charge in [0.1, 0.15) is 5.82 Å². The van der Waals surface area contributed by atoms with Crippen molar-refractivity contribution < 1.29 is 17.9 Å². The van der Waals surface area contributed by atoms with Gasteiger partial charge in [0.05, 0.1) is 11.5 Å². The number of rotatable bonds is 9. The predicted molar refractivity (Wildman–Crippen MR) is 131 cm³/mol. The van der Waals surface area contributed by atoms with Crippen LogP contribution in [0.5, 0.6) is 0 Å². The van der Waals surface area contributed by atoms with Gasteiger partial charge < -0.3 is 10.5 Å². The lowest BCUT2D eigenvalue weighted by Gasteiger charge is -2.25. The Kier molecular flexibility index (Phi) is 8.45. The average molecular weight is 496 g/mol. The maximum atomic E-state index is 13.7. The fourth-order valence-electron chi connectivity index (χ4n) is 3.39. The van der Waals surface area contributed by atoms with Crippen LogP contribution < -0.4 is 26.6 Å². The van der Waals surface area contributed by atoms with Crippen molar-refractivity contribution in [2.75, 3.05) is 30.9 Å². The molecule has 11 nitrogen and oxygen atoms in total. The largest absolute Gasteiger partial charge is 0.383 e. The number of anilines is 2. The van der Waals surface area contributed by atoms with Crippen LogP contribution in [0.15, 0.2) is 32.7 Å². The number of hydrogen-bond acceptors (Lipinski definition) is 7. The zero-order valence-corrected chi connectivity index (χ0v) is 21.2. The van der Waals surface area contributed by atoms with Gasteiger partial charge in [-0.1, -0.05) is 13.0 Å². The number of sulfonamides is 1. The minimum absolute atomic E-state index is 0.0520. The first-order valence-electron chi connectivity index (χ1n) is 10.8. The van der Waals surface area contributed by atoms with E-state index in [9.17, 15) is 22.8 Å². The molecule has 0 unspecified atom stereocenters. The molecule has 0 atom stereocenters. The maximum Gasteiger partial charge on any atom is 0.330 e. The van der Waals surface area contributed by atoms with Crippen LogP contribution in [0.4, 0.5) is 11.5 Å². The topological polar surface area (TPSA) is 157 Å². The average Bonchev–Trinajstić information content (AvgIpc) is 2.71. The molecule has 34 heavy (non-hydrogen) atoms. The molecule has 2 rings (SSSR count). The van der Waals surface area contributed by atoms with Gasteiger partial charge in [-0.2, -0.15) is 0 Å². The minimum atomic E-state index is -3.92. The number of nitrogens with one attached hydrogen (secondary N) is 2. The molecule has 0 fully saturated rings. The van der Waals surface area contributed by atoms with Crippen molar-refractivity contribution >= 4 is 27.4 Å². The van der Waals surface area contributed by atoms with Gasteiger partial charge in [0.2, 0.25) is 10.0 Å². The molecule has 0 aliphatic heterocycles. The van der Waals surface area contributed by atoms with Crippen LogP contribution in [0, 0.1) is 6.92 Å². The molecule has 4 N–H and O–H groups in total. The molecule has 0 bridgehead atoms. The molecule has 2 aromatic rings. The zero-order valence-electron chi connectivity index (χ0n) is 20.4. The first-order chi connectivity index (χ1) is 15.7. The number of amides is 1. The molecule has 1 heterocycles. The van der Waals surface area contributed by atoms with Crippen LogP contribution in [0.2, 0.25) is 0 Å². The fraction of sp³-hybridized carbons (Fsp3) is 0.500. The SMILES string of the molecule is CCCn1c(N)c(N(CCOC)C(=O)c2cc(S(=O)(=O)NC(C)(C)C)ccc2C)c(=O)[nH]c1=O. The fourth-order valence-corrected chi connectivity index (χ4v) is 4.83. The number of benzene rings is 1. The molecule has 0 saturated heterocycles. The van der Waals surface area contributed by atoms with E-state index in [0.717, 1.165) is 4.90 Å². The summed E-state index contributed by atoms with van der Waals surface area (Å²) in [5.41, 5.74) is 4.31. The van der Waals surface area contributed by atoms with Crippen molar-refractivity contribution in [2.45, 2.75) is 58.0 Å². The summed E-state index contributed by atoms with van der Waals surface area (Å²) in [6.07, 6.45) is 0.571. The molecule has 0 spiro atoms. The number of H-pyrrole nitrogens is 1. The van der Waals surface area contributed by atoms with E-state index in [1.165, 1.54) is 29.9 Å². The van der Waals surface area contributed by atoms with Gasteiger partial charge in [-0.3, -0.25) is 24.0 Å². The lowest BCUT2D eigenvalue weighted by atomic mass is 10.1. The first-order valence-corrected chi connectivity index (χ1v) is 12.3. The Morgan fingerprint density at radius 1 is 1.26 bits per heavy atom. The molecular formula is C22H33N5O6S. The van der Waals surface area contributed by atoms with E-state index in [0.29, 0.717) is 12.0 Å². The zero-order chi connectivity index (χ0) is 25.8. The predicted octanol–water partition coefficient (Wildman–Crippen LogP) is 1.21. The van der Waals surface area contributed by atoms with E-state index < -0.39 is 32.7 Å². The molecule has 0 radical (unpaired) electrons. The van der Waals surface area contributed by atoms with Gasteiger partial charge in [-0.15, -0.1) is 0 Å². The Hall–Kier alpha value is -2.96. The van der Waals surface area contributed by atoms with Crippen LogP contribution >= 0.6 is 0 Å². The summed E-state index contributed by atoms with van der Waals surface area (Å²) in [5, 5.41) is 0. The Bertz CT molecular complexity index is 1270. The Labute approximate surface area is 199 Å². The smallest absolute Gasteiger partial charge is 0.330 e. The van der Waals surface area contributed by atoms with Crippen molar-refractivity contribution in [3.63, 3.8) is 0 Å². The first kappa shape index (κ1) is 27.3. The lowest BCUT2D eigenvalue weighted by Crippen LogP contribution is -2.43. The highest BCUT2D eigenvalue weighted by Gasteiger charge is 2.28. The number of carbonyl (C=O) groups is 1. The highest BCUT2D eigenvalue weighted by Crippen LogP contribution is 2.23. The van der Waals surface area contributed by atoms with Crippen molar-refractivity contribution in [1.82, 2.24) is 14.3 Å². The number of nitrogens with two attached hydrogens (primary N) is 1. The van der Waals surface area contributed by atoms with E-state index >= 15 is 0 Å². The summed E-state index contributed by atoms with van der Waals surface area (Å²) >= 11 is 0. The van der Waals surface area contributed by atoms with E-state index in [4.69, 9.17) is 10.5 Å². The molecule has 188 valence electrons. The minimum Gasteiger partial charge on any atom is -0.383 e. The second-order valence-corrected chi connectivity index (χ2v) is 10.6. The Morgan fingerprint density at radius 3 is 2.47 bits per heavy atom. The van der Waals surface area contributed by atoms with Crippen LogP contribution in [0.1, 0.15) is 50.0 Å². The van der Waals surface area contributed by atoms with Crippen LogP contribution in [0.3, 0.4) is 0 Å². The molecule has 1 amide bonds. The molecule has 12 heteroatoms. The number of aromatic amines is 1. The third kappa shape index (κ3) is 6.13. The van der Waals surface area contributed by atoms with Gasteiger partial charge in [0.15, 0.2) is 5.69 Å². The number of nitrogens with zero attached hydrogens (tertiary/aromatic N) is 2. The van der Waals surface area contributed by atoms with Crippen molar-refractivity contribution in [1.29, 1.82) is 0 Å². The standard InChI is InChI=1S/C22H33N5O6S/c1-7-10-27-18(23)17(19(28)24-21(27)30)26(11-12-33-6)20(29)16-13-15(9-8-14(16)2)34(31,32)25-22(3,4)5/h8-9,13,25H,7,10-12,23H2,1-6H3,(H,24,28,30). The highest BCUT2D eigenvalue weighted by molar-refractivity contribution is 7.89. The number of aryl methyl sites for hydroxylation is 1. The number of aromatic nitrogens is 2. The molecule has 1 aromatic heterocycles. The third-order valence-corrected chi connectivity index (χ3v) is 6.64. The number of carbonyl (C=O) groups excluding carboxylic acids is 1. The summed E-state index contributed by atoms with van der Waals surface area (Å²) < 4.78 is 34.5. The Balaban J connectivity index is 2.68. The molecule has 1 aromatic carbocycles. The van der Waals surface area contributed by atoms with Crippen molar-refractivity contribution in [3.8, 4) is 0 Å². The molecular weight excluding hydrogens is 462 g/mol. The lowest BCUT2D eigenvalue weighted by molar-refractivity contribution is 0.0974. The Morgan fingerprint density at radius 2 is 1.91 bits per heavy atom. The summed E-state index contributed by atoms with van der Waals surface area (Å²) in [6, 6.07) is 4.19. The monoisotopic (exact) mass is 495 g/mol. The number of nitrogen functional groups attached to an aromatic ring is 1. The summed E-state index contributed by atoms with van der Waals surface area (Å²) in [5.74, 6) is -0.808. The van der Waals surface area contributed by atoms with Crippen LogP contribution in [-0.4, -0.2) is 49.7 Å². The van der Waals surface area contributed by atoms with Gasteiger partial charge in [-0.05, 0) is 51.8 Å². The second kappa shape index (κ2) is 10.5. The normalized spacial score (nSPS) is 12.1. The van der Waals surface area contributed by atoms with Gasteiger partial charge in [0.25, 0.3) is 11.5 Å². The number of hydrogen-bond donors (Lipinski definition) is 3. The van der Waals surface area contributed by atoms with E-state index in [1.54, 1.807) is 27.7 Å². The summed E-state index contributed by atoms with van der Waals surface area (Å²) in [7, 11) is -2.48. The third-order valence-electron chi connectivity index (χ3n) is 4.89. The maximum absolute atomic E-state index is 13.7. The van der Waals surface area contributed by atoms with Crippen molar-refractivity contribution in [3.05, 3.63) is 50.2 Å². The quantitative estimate of drug-likeness (QED) is 0.472. The van der Waals surface area contributed by atoms with Gasteiger partial charge >= 0.3 is 5.69 Å². The highest BCUT2D eigenvalue weighted by atomic mass is 32.2. The number of methoxy groups -OCH3 is 1. The van der Waals surface area contributed by atoms with E-state index in [-0.39, 0.29) is 41.7 Å². The van der Waals surface area contributed by atoms with Crippen LogP contribution in [0.25, 0.3) is 0 Å². The summed E-state index contributed by atoms with van der Waals surface area (Å²) in [4.78, 5) is 41.8. The van der Waals surface area contributed by atoms with Crippen molar-refractivity contribution in [2.24, 2.45) is 0 Å². The van der Waals surface area contributed by atoms with E-state index in [2.05, 4.69) is 9.71 Å². The van der Waals surface area contributed by atoms with Gasteiger partial charge in [0, 0.05) is 31.3 Å². The number of ether oxygens (including phenoxy) is 1. The molecule has 0 aliphatic rings. The summed E-state index contributed by atoms with van der Waals surface area (Å²) in [6.45, 7) is 8.87. The molecule has 0 saturated carbocycles.